The Hall–Kier alpha value is -2.71. The van der Waals surface area contributed by atoms with Gasteiger partial charge in [-0.25, -0.2) is 4.79 Å². The second-order valence-electron chi connectivity index (χ2n) is 4.36. The molecular weight excluding hydrogens is 252 g/mol. The topological polar surface area (TPSA) is 58.5 Å². The molecule has 20 heavy (non-hydrogen) atoms. The van der Waals surface area contributed by atoms with Crippen molar-refractivity contribution >= 4 is 17.7 Å². The van der Waals surface area contributed by atoms with Gasteiger partial charge < -0.3 is 5.32 Å². The number of benzene rings is 2. The van der Waals surface area contributed by atoms with Crippen LogP contribution in [0.4, 0.5) is 5.69 Å². The Balaban J connectivity index is 2.06. The summed E-state index contributed by atoms with van der Waals surface area (Å²) in [6.45, 7) is 1.93. The fourth-order valence-electron chi connectivity index (χ4n) is 1.85. The molecule has 0 aliphatic carbocycles. The van der Waals surface area contributed by atoms with Gasteiger partial charge in [0.2, 0.25) is 6.08 Å². The minimum absolute atomic E-state index is 0.0728. The smallest absolute Gasteiger partial charge is 0.251 e. The zero-order valence-electron chi connectivity index (χ0n) is 11.0. The van der Waals surface area contributed by atoms with Gasteiger partial charge in [-0.15, -0.1) is 0 Å². The second-order valence-corrected chi connectivity index (χ2v) is 4.36. The Morgan fingerprint density at radius 2 is 1.75 bits per heavy atom. The summed E-state index contributed by atoms with van der Waals surface area (Å²) in [5.41, 5.74) is 2.05. The molecule has 0 fully saturated rings. The third-order valence-corrected chi connectivity index (χ3v) is 2.95. The van der Waals surface area contributed by atoms with Crippen molar-refractivity contribution in [1.29, 1.82) is 0 Å². The summed E-state index contributed by atoms with van der Waals surface area (Å²) >= 11 is 0. The largest absolute Gasteiger partial charge is 0.346 e. The van der Waals surface area contributed by atoms with Crippen molar-refractivity contribution in [1.82, 2.24) is 5.32 Å². The van der Waals surface area contributed by atoms with E-state index in [-0.39, 0.29) is 11.9 Å². The van der Waals surface area contributed by atoms with Crippen molar-refractivity contribution in [2.24, 2.45) is 4.99 Å². The highest BCUT2D eigenvalue weighted by Gasteiger charge is 2.10. The summed E-state index contributed by atoms with van der Waals surface area (Å²) < 4.78 is 0. The molecule has 4 nitrogen and oxygen atoms in total. The summed E-state index contributed by atoms with van der Waals surface area (Å²) in [6, 6.07) is 16.1. The molecule has 1 amide bonds. The third-order valence-electron chi connectivity index (χ3n) is 2.95. The number of amides is 1. The number of rotatable bonds is 4. The normalized spacial score (nSPS) is 11.2. The number of aliphatic imine (C=N–C) groups is 1. The number of hydrogen-bond donors (Lipinski definition) is 1. The van der Waals surface area contributed by atoms with Gasteiger partial charge in [0.15, 0.2) is 0 Å². The zero-order valence-corrected chi connectivity index (χ0v) is 11.0. The maximum Gasteiger partial charge on any atom is 0.251 e. The van der Waals surface area contributed by atoms with E-state index < -0.39 is 0 Å². The van der Waals surface area contributed by atoms with Gasteiger partial charge in [0.05, 0.1) is 11.7 Å². The van der Waals surface area contributed by atoms with E-state index >= 15 is 0 Å². The number of nitrogens with one attached hydrogen (secondary N) is 1. The molecule has 0 spiro atoms. The summed E-state index contributed by atoms with van der Waals surface area (Å²) in [5.74, 6) is -0.164. The lowest BCUT2D eigenvalue weighted by Crippen LogP contribution is -2.26. The Labute approximate surface area is 117 Å². The van der Waals surface area contributed by atoms with Gasteiger partial charge in [-0.3, -0.25) is 4.79 Å². The summed E-state index contributed by atoms with van der Waals surface area (Å²) in [5, 5.41) is 2.92. The first-order chi connectivity index (χ1) is 9.70. The second kappa shape index (κ2) is 6.45. The first-order valence-corrected chi connectivity index (χ1v) is 6.24. The molecule has 0 aliphatic heterocycles. The van der Waals surface area contributed by atoms with E-state index in [2.05, 4.69) is 10.3 Å². The van der Waals surface area contributed by atoms with Gasteiger partial charge in [-0.2, -0.15) is 4.99 Å². The Morgan fingerprint density at radius 3 is 2.35 bits per heavy atom. The van der Waals surface area contributed by atoms with Crippen LogP contribution in [0.3, 0.4) is 0 Å². The van der Waals surface area contributed by atoms with Gasteiger partial charge in [-0.05, 0) is 36.8 Å². The predicted octanol–water partition coefficient (Wildman–Crippen LogP) is 3.14. The molecule has 2 aromatic rings. The highest BCUT2D eigenvalue weighted by Crippen LogP contribution is 2.15. The average molecular weight is 266 g/mol. The molecule has 0 aromatic heterocycles. The number of isocyanates is 1. The first kappa shape index (κ1) is 13.7. The average Bonchev–Trinajstić information content (AvgIpc) is 2.49. The molecule has 0 heterocycles. The monoisotopic (exact) mass is 266 g/mol. The maximum absolute atomic E-state index is 12.1. The minimum Gasteiger partial charge on any atom is -0.346 e. The van der Waals surface area contributed by atoms with E-state index in [1.807, 2.05) is 37.3 Å². The molecule has 0 radical (unpaired) electrons. The van der Waals surface area contributed by atoms with Crippen LogP contribution in [-0.2, 0) is 4.79 Å². The van der Waals surface area contributed by atoms with E-state index in [4.69, 9.17) is 0 Å². The Kier molecular flexibility index (Phi) is 4.43. The van der Waals surface area contributed by atoms with Crippen LogP contribution in [0.15, 0.2) is 59.6 Å². The highest BCUT2D eigenvalue weighted by molar-refractivity contribution is 5.94. The molecule has 0 saturated heterocycles. The van der Waals surface area contributed by atoms with Crippen molar-refractivity contribution in [2.75, 3.05) is 0 Å². The van der Waals surface area contributed by atoms with Crippen LogP contribution >= 0.6 is 0 Å². The van der Waals surface area contributed by atoms with Crippen molar-refractivity contribution in [2.45, 2.75) is 13.0 Å². The molecule has 1 atom stereocenters. The molecule has 100 valence electrons. The molecule has 0 saturated carbocycles. The third kappa shape index (κ3) is 3.40. The van der Waals surface area contributed by atoms with E-state index in [0.29, 0.717) is 11.3 Å². The van der Waals surface area contributed by atoms with Gasteiger partial charge in [0.25, 0.3) is 5.91 Å². The van der Waals surface area contributed by atoms with Gasteiger partial charge in [0.1, 0.15) is 0 Å². The van der Waals surface area contributed by atoms with Crippen molar-refractivity contribution < 1.29 is 9.59 Å². The van der Waals surface area contributed by atoms with Gasteiger partial charge in [0, 0.05) is 5.56 Å². The van der Waals surface area contributed by atoms with E-state index in [1.165, 1.54) is 6.08 Å². The lowest BCUT2D eigenvalue weighted by atomic mass is 10.1. The highest BCUT2D eigenvalue weighted by atomic mass is 16.1. The summed E-state index contributed by atoms with van der Waals surface area (Å²) in [6.07, 6.45) is 1.46. The number of hydrogen-bond acceptors (Lipinski definition) is 3. The molecule has 1 N–H and O–H groups in total. The number of carbonyl (C=O) groups excluding carboxylic acids is 2. The van der Waals surface area contributed by atoms with Gasteiger partial charge >= 0.3 is 0 Å². The van der Waals surface area contributed by atoms with Crippen LogP contribution in [-0.4, -0.2) is 12.0 Å². The lowest BCUT2D eigenvalue weighted by molar-refractivity contribution is 0.0940. The summed E-state index contributed by atoms with van der Waals surface area (Å²) in [7, 11) is 0. The van der Waals surface area contributed by atoms with Crippen LogP contribution in [0, 0.1) is 0 Å². The first-order valence-electron chi connectivity index (χ1n) is 6.24. The number of nitrogens with zero attached hydrogens (tertiary/aromatic N) is 1. The Morgan fingerprint density at radius 1 is 1.10 bits per heavy atom. The molecule has 0 bridgehead atoms. The van der Waals surface area contributed by atoms with Crippen molar-refractivity contribution in [3.05, 3.63) is 65.7 Å². The summed E-state index contributed by atoms with van der Waals surface area (Å²) in [4.78, 5) is 25.7. The van der Waals surface area contributed by atoms with Crippen LogP contribution in [0.25, 0.3) is 0 Å². The van der Waals surface area contributed by atoms with Crippen molar-refractivity contribution in [3.8, 4) is 0 Å². The molecule has 2 rings (SSSR count). The quantitative estimate of drug-likeness (QED) is 0.682. The van der Waals surface area contributed by atoms with Gasteiger partial charge in [-0.1, -0.05) is 30.3 Å². The van der Waals surface area contributed by atoms with Crippen LogP contribution in [0.5, 0.6) is 0 Å². The minimum atomic E-state index is -0.164. The zero-order chi connectivity index (χ0) is 14.4. The lowest BCUT2D eigenvalue weighted by Gasteiger charge is -2.14. The van der Waals surface area contributed by atoms with E-state index in [1.54, 1.807) is 24.3 Å². The maximum atomic E-state index is 12.1. The molecule has 0 unspecified atom stereocenters. The standard InChI is InChI=1S/C16H14N2O2/c1-12(13-5-3-2-4-6-13)18-16(20)14-7-9-15(10-8-14)17-11-19/h2-10,12H,1H3,(H,18,20)/t12-/m0/s1. The fraction of sp³-hybridized carbons (Fsp3) is 0.125. The Bertz CT molecular complexity index is 629. The number of carbonyl (C=O) groups is 1. The predicted molar refractivity (Wildman–Crippen MR) is 76.5 cm³/mol. The molecular formula is C16H14N2O2. The van der Waals surface area contributed by atoms with Crippen LogP contribution in [0.2, 0.25) is 0 Å². The molecule has 4 heteroatoms. The molecule has 0 aliphatic rings. The fourth-order valence-corrected chi connectivity index (χ4v) is 1.85. The van der Waals surface area contributed by atoms with E-state index in [9.17, 15) is 9.59 Å². The van der Waals surface area contributed by atoms with E-state index in [0.717, 1.165) is 5.56 Å². The van der Waals surface area contributed by atoms with Crippen molar-refractivity contribution in [3.63, 3.8) is 0 Å². The molecule has 2 aromatic carbocycles. The van der Waals surface area contributed by atoms with Crippen LogP contribution in [0.1, 0.15) is 28.9 Å². The SMILES string of the molecule is C[C@H](NC(=O)c1ccc(N=C=O)cc1)c1ccccc1. The van der Waals surface area contributed by atoms with Crippen LogP contribution < -0.4 is 5.32 Å².